The molecular formula is C16H23BN2Si. The third kappa shape index (κ3) is 1.78. The van der Waals surface area contributed by atoms with Crippen LogP contribution in [0.25, 0.3) is 0 Å². The van der Waals surface area contributed by atoms with Gasteiger partial charge in [0.15, 0.2) is 0 Å². The summed E-state index contributed by atoms with van der Waals surface area (Å²) in [6, 6.07) is 8.80. The van der Waals surface area contributed by atoms with Crippen LogP contribution in [-0.4, -0.2) is 15.2 Å². The van der Waals surface area contributed by atoms with E-state index >= 15 is 0 Å². The van der Waals surface area contributed by atoms with Crippen LogP contribution in [0.15, 0.2) is 48.6 Å². The van der Waals surface area contributed by atoms with Crippen molar-refractivity contribution in [2.45, 2.75) is 38.9 Å². The van der Waals surface area contributed by atoms with Gasteiger partial charge in [-0.05, 0) is 29.4 Å². The minimum atomic E-state index is -1.62. The molecule has 0 radical (unpaired) electrons. The van der Waals surface area contributed by atoms with Gasteiger partial charge >= 0.3 is 6.98 Å². The van der Waals surface area contributed by atoms with Crippen LogP contribution in [0.5, 0.6) is 0 Å². The predicted octanol–water partition coefficient (Wildman–Crippen LogP) is 4.43. The second kappa shape index (κ2) is 4.29. The second-order valence-corrected chi connectivity index (χ2v) is 12.3. The number of benzene rings is 1. The number of hydrogen-bond donors (Lipinski definition) is 0. The first kappa shape index (κ1) is 13.6. The molecule has 2 heterocycles. The van der Waals surface area contributed by atoms with E-state index in [0.29, 0.717) is 12.0 Å². The Morgan fingerprint density at radius 1 is 1.00 bits per heavy atom. The van der Waals surface area contributed by atoms with Gasteiger partial charge in [0.25, 0.3) is 0 Å². The van der Waals surface area contributed by atoms with Gasteiger partial charge in [-0.15, -0.1) is 0 Å². The largest absolute Gasteiger partial charge is 0.418 e. The van der Waals surface area contributed by atoms with Gasteiger partial charge in [0.05, 0.1) is 5.69 Å². The van der Waals surface area contributed by atoms with Gasteiger partial charge in [-0.3, -0.25) is 0 Å². The summed E-state index contributed by atoms with van der Waals surface area (Å²) in [5, 5.41) is 0.325. The van der Waals surface area contributed by atoms with Crippen molar-refractivity contribution in [2.24, 2.45) is 0 Å². The highest BCUT2D eigenvalue weighted by atomic mass is 28.3. The Morgan fingerprint density at radius 3 is 2.30 bits per heavy atom. The minimum absolute atomic E-state index is 0.325. The molecule has 2 aliphatic rings. The molecular weight excluding hydrogens is 259 g/mol. The first-order chi connectivity index (χ1) is 9.34. The van der Waals surface area contributed by atoms with E-state index in [2.05, 4.69) is 91.7 Å². The summed E-state index contributed by atoms with van der Waals surface area (Å²) in [5.41, 5.74) is 2.73. The fourth-order valence-corrected chi connectivity index (χ4v) is 5.33. The van der Waals surface area contributed by atoms with Crippen LogP contribution in [0.1, 0.15) is 20.8 Å². The zero-order valence-electron chi connectivity index (χ0n) is 13.1. The molecule has 0 spiro atoms. The normalized spacial score (nSPS) is 17.6. The van der Waals surface area contributed by atoms with E-state index in [-0.39, 0.29) is 0 Å². The lowest BCUT2D eigenvalue weighted by Crippen LogP contribution is -2.62. The SMILES string of the molecule is CC(C)(C)[Si](C)(C)N1B2C=CC=CN2c2ccccc21. The number of anilines is 2. The van der Waals surface area contributed by atoms with Crippen LogP contribution < -0.4 is 9.29 Å². The van der Waals surface area contributed by atoms with Crippen molar-refractivity contribution in [3.05, 3.63) is 48.6 Å². The topological polar surface area (TPSA) is 6.48 Å². The van der Waals surface area contributed by atoms with Crippen molar-refractivity contribution in [3.8, 4) is 0 Å². The van der Waals surface area contributed by atoms with Crippen molar-refractivity contribution in [3.63, 3.8) is 0 Å². The summed E-state index contributed by atoms with van der Waals surface area (Å²) in [5.74, 6) is 2.32. The fraction of sp³-hybridized carbons (Fsp3) is 0.375. The third-order valence-corrected chi connectivity index (χ3v) is 10.4. The molecule has 0 N–H and O–H groups in total. The van der Waals surface area contributed by atoms with Crippen molar-refractivity contribution in [1.29, 1.82) is 0 Å². The summed E-state index contributed by atoms with van der Waals surface area (Å²) in [4.78, 5) is 2.40. The monoisotopic (exact) mass is 282 g/mol. The quantitative estimate of drug-likeness (QED) is 0.703. The second-order valence-electron chi connectivity index (χ2n) is 7.22. The molecule has 4 heteroatoms. The Hall–Kier alpha value is -1.42. The molecule has 0 atom stereocenters. The molecule has 20 heavy (non-hydrogen) atoms. The smallest absolute Gasteiger partial charge is 0.399 e. The van der Waals surface area contributed by atoms with E-state index in [1.165, 1.54) is 11.4 Å². The molecule has 3 rings (SSSR count). The summed E-state index contributed by atoms with van der Waals surface area (Å²) >= 11 is 0. The summed E-state index contributed by atoms with van der Waals surface area (Å²) in [6.45, 7) is 12.5. The Morgan fingerprint density at radius 2 is 1.65 bits per heavy atom. The van der Waals surface area contributed by atoms with Gasteiger partial charge in [0.2, 0.25) is 0 Å². The molecule has 1 aromatic carbocycles. The molecule has 0 unspecified atom stereocenters. The Bertz CT molecular complexity index is 586. The molecule has 104 valence electrons. The molecule has 0 saturated heterocycles. The van der Waals surface area contributed by atoms with Crippen LogP contribution in [0.2, 0.25) is 18.1 Å². The van der Waals surface area contributed by atoms with E-state index in [9.17, 15) is 0 Å². The third-order valence-electron chi connectivity index (χ3n) is 5.05. The zero-order valence-corrected chi connectivity index (χ0v) is 14.1. The highest BCUT2D eigenvalue weighted by Crippen LogP contribution is 2.48. The Kier molecular flexibility index (Phi) is 2.91. The molecule has 0 aliphatic carbocycles. The van der Waals surface area contributed by atoms with Crippen LogP contribution in [-0.2, 0) is 0 Å². The van der Waals surface area contributed by atoms with E-state index in [4.69, 9.17) is 0 Å². The lowest BCUT2D eigenvalue weighted by Gasteiger charge is -2.47. The van der Waals surface area contributed by atoms with Crippen LogP contribution in [0.4, 0.5) is 11.4 Å². The standard InChI is InChI=1S/C16H23BN2Si/c1-16(2,3)20(4,5)19-15-11-7-6-10-14(15)18-13-9-8-12-17(18)19/h6-13H,1-5H3. The first-order valence-electron chi connectivity index (χ1n) is 7.36. The molecule has 0 aromatic heterocycles. The van der Waals surface area contributed by atoms with E-state index in [0.717, 1.165) is 0 Å². The zero-order chi connectivity index (χ0) is 14.5. The van der Waals surface area contributed by atoms with Gasteiger partial charge in [-0.2, -0.15) is 0 Å². The number of rotatable bonds is 1. The minimum Gasteiger partial charge on any atom is -0.418 e. The number of fused-ring (bicyclic) bond motifs is 3. The number of para-hydroxylation sites is 2. The van der Waals surface area contributed by atoms with Gasteiger partial charge < -0.3 is 9.29 Å². The molecule has 2 nitrogen and oxygen atoms in total. The lowest BCUT2D eigenvalue weighted by atomic mass is 9.74. The van der Waals surface area contributed by atoms with Gasteiger partial charge in [-0.25, -0.2) is 0 Å². The number of allylic oxidation sites excluding steroid dienone is 2. The van der Waals surface area contributed by atoms with Gasteiger partial charge in [0, 0.05) is 5.69 Å². The Balaban J connectivity index is 2.16. The molecule has 0 saturated carbocycles. The summed E-state index contributed by atoms with van der Waals surface area (Å²) < 4.78 is 2.70. The highest BCUT2D eigenvalue weighted by Gasteiger charge is 2.50. The van der Waals surface area contributed by atoms with Gasteiger partial charge in [-0.1, -0.05) is 58.0 Å². The number of hydrogen-bond acceptors (Lipinski definition) is 2. The lowest BCUT2D eigenvalue weighted by molar-refractivity contribution is 0.718. The molecule has 1 aromatic rings. The maximum atomic E-state index is 2.70. The molecule has 0 fully saturated rings. The van der Waals surface area contributed by atoms with Crippen molar-refractivity contribution < 1.29 is 0 Å². The maximum absolute atomic E-state index is 2.70. The van der Waals surface area contributed by atoms with Gasteiger partial charge in [0.1, 0.15) is 8.24 Å². The predicted molar refractivity (Wildman–Crippen MR) is 92.6 cm³/mol. The number of nitrogens with zero attached hydrogens (tertiary/aromatic N) is 2. The maximum Gasteiger partial charge on any atom is 0.399 e. The van der Waals surface area contributed by atoms with Crippen molar-refractivity contribution >= 4 is 26.6 Å². The van der Waals surface area contributed by atoms with E-state index in [1.807, 2.05) is 0 Å². The summed E-state index contributed by atoms with van der Waals surface area (Å²) in [7, 11) is -1.62. The van der Waals surface area contributed by atoms with Crippen molar-refractivity contribution in [2.75, 3.05) is 9.29 Å². The fourth-order valence-electron chi connectivity index (χ4n) is 2.94. The molecule has 0 bridgehead atoms. The first-order valence-corrected chi connectivity index (χ1v) is 10.3. The van der Waals surface area contributed by atoms with E-state index in [1.54, 1.807) is 0 Å². The van der Waals surface area contributed by atoms with E-state index < -0.39 is 8.24 Å². The van der Waals surface area contributed by atoms with Crippen molar-refractivity contribution in [1.82, 2.24) is 0 Å². The molecule has 0 amide bonds. The average molecular weight is 282 g/mol. The highest BCUT2D eigenvalue weighted by molar-refractivity contribution is 6.99. The summed E-state index contributed by atoms with van der Waals surface area (Å²) in [6.07, 6.45) is 6.51. The van der Waals surface area contributed by atoms with Crippen LogP contribution in [0, 0.1) is 0 Å². The molecule has 2 aliphatic heterocycles. The van der Waals surface area contributed by atoms with Crippen LogP contribution in [0.3, 0.4) is 0 Å². The average Bonchev–Trinajstić information content (AvgIpc) is 2.72. The Labute approximate surface area is 124 Å². The van der Waals surface area contributed by atoms with Crippen LogP contribution >= 0.6 is 0 Å².